The Balaban J connectivity index is 2.16. The fraction of sp³-hybridized carbons (Fsp3) is 0.154. The van der Waals surface area contributed by atoms with Gasteiger partial charge in [0.25, 0.3) is 5.91 Å². The van der Waals surface area contributed by atoms with E-state index in [4.69, 9.17) is 11.6 Å². The Bertz CT molecular complexity index is 614. The summed E-state index contributed by atoms with van der Waals surface area (Å²) in [6, 6.07) is 7.14. The van der Waals surface area contributed by atoms with E-state index in [9.17, 15) is 4.79 Å². The SMILES string of the molecule is CN(Cc1csc(Br)c1)C(=O)c1cc(S)ccc1Cl. The molecule has 0 saturated heterocycles. The molecule has 2 nitrogen and oxygen atoms in total. The van der Waals surface area contributed by atoms with Crippen LogP contribution < -0.4 is 0 Å². The monoisotopic (exact) mass is 375 g/mol. The summed E-state index contributed by atoms with van der Waals surface area (Å²) >= 11 is 15.3. The Morgan fingerprint density at radius 2 is 2.21 bits per heavy atom. The van der Waals surface area contributed by atoms with Crippen molar-refractivity contribution in [2.75, 3.05) is 7.05 Å². The van der Waals surface area contributed by atoms with E-state index < -0.39 is 0 Å². The predicted octanol–water partition coefficient (Wildman–Crippen LogP) is 4.72. The van der Waals surface area contributed by atoms with Crippen LogP contribution in [0.2, 0.25) is 5.02 Å². The summed E-state index contributed by atoms with van der Waals surface area (Å²) in [6.07, 6.45) is 0. The first-order chi connectivity index (χ1) is 8.97. The van der Waals surface area contributed by atoms with Crippen molar-refractivity contribution >= 4 is 57.4 Å². The van der Waals surface area contributed by atoms with E-state index >= 15 is 0 Å². The topological polar surface area (TPSA) is 20.3 Å². The molecule has 0 unspecified atom stereocenters. The van der Waals surface area contributed by atoms with Crippen molar-refractivity contribution in [2.24, 2.45) is 0 Å². The Labute approximate surface area is 134 Å². The summed E-state index contributed by atoms with van der Waals surface area (Å²) in [5.74, 6) is -0.108. The van der Waals surface area contributed by atoms with Gasteiger partial charge in [-0.15, -0.1) is 24.0 Å². The predicted molar refractivity (Wildman–Crippen MR) is 86.5 cm³/mol. The molecule has 0 spiro atoms. The maximum atomic E-state index is 12.3. The van der Waals surface area contributed by atoms with E-state index in [0.29, 0.717) is 17.1 Å². The van der Waals surface area contributed by atoms with Crippen LogP contribution in [0.4, 0.5) is 0 Å². The van der Waals surface area contributed by atoms with Gasteiger partial charge in [-0.1, -0.05) is 11.6 Å². The number of hydrogen-bond acceptors (Lipinski definition) is 3. The van der Waals surface area contributed by atoms with Crippen LogP contribution >= 0.6 is 51.5 Å². The lowest BCUT2D eigenvalue weighted by molar-refractivity contribution is 0.0785. The highest BCUT2D eigenvalue weighted by atomic mass is 79.9. The number of thiophene rings is 1. The van der Waals surface area contributed by atoms with Crippen molar-refractivity contribution in [3.8, 4) is 0 Å². The summed E-state index contributed by atoms with van der Waals surface area (Å²) in [6.45, 7) is 0.550. The number of rotatable bonds is 3. The van der Waals surface area contributed by atoms with Gasteiger partial charge in [-0.25, -0.2) is 0 Å². The first-order valence-corrected chi connectivity index (χ1v) is 7.94. The minimum absolute atomic E-state index is 0.108. The minimum atomic E-state index is -0.108. The maximum Gasteiger partial charge on any atom is 0.255 e. The first-order valence-electron chi connectivity index (χ1n) is 5.44. The largest absolute Gasteiger partial charge is 0.337 e. The van der Waals surface area contributed by atoms with Crippen molar-refractivity contribution < 1.29 is 4.79 Å². The van der Waals surface area contributed by atoms with Gasteiger partial charge in [-0.2, -0.15) is 0 Å². The quantitative estimate of drug-likeness (QED) is 0.768. The molecule has 2 aromatic rings. The van der Waals surface area contributed by atoms with Crippen LogP contribution in [-0.2, 0) is 6.54 Å². The molecule has 0 N–H and O–H groups in total. The Kier molecular flexibility index (Phi) is 4.95. The zero-order valence-corrected chi connectivity index (χ0v) is 14.1. The van der Waals surface area contributed by atoms with Crippen LogP contribution in [0.1, 0.15) is 15.9 Å². The number of thiol groups is 1. The van der Waals surface area contributed by atoms with Gasteiger partial charge in [0.15, 0.2) is 0 Å². The molecule has 0 saturated carbocycles. The second-order valence-electron chi connectivity index (χ2n) is 4.08. The lowest BCUT2D eigenvalue weighted by Gasteiger charge is -2.17. The van der Waals surface area contributed by atoms with Crippen LogP contribution in [0, 0.1) is 0 Å². The number of amides is 1. The van der Waals surface area contributed by atoms with Crippen molar-refractivity contribution in [3.63, 3.8) is 0 Å². The molecule has 0 aliphatic rings. The van der Waals surface area contributed by atoms with Crippen molar-refractivity contribution in [1.82, 2.24) is 4.90 Å². The standard InChI is InChI=1S/C13H11BrClNOS2/c1-16(6-8-4-12(14)19-7-8)13(17)10-5-9(18)2-3-11(10)15/h2-5,7,18H,6H2,1H3. The van der Waals surface area contributed by atoms with Crippen molar-refractivity contribution in [2.45, 2.75) is 11.4 Å². The first kappa shape index (κ1) is 14.9. The smallest absolute Gasteiger partial charge is 0.255 e. The Hall–Kier alpha value is -0.490. The molecule has 1 amide bonds. The zero-order valence-electron chi connectivity index (χ0n) is 10.1. The van der Waals surface area contributed by atoms with Gasteiger partial charge < -0.3 is 4.90 Å². The Morgan fingerprint density at radius 3 is 2.84 bits per heavy atom. The van der Waals surface area contributed by atoms with E-state index in [2.05, 4.69) is 28.6 Å². The number of benzene rings is 1. The molecule has 0 aliphatic carbocycles. The summed E-state index contributed by atoms with van der Waals surface area (Å²) < 4.78 is 1.05. The van der Waals surface area contributed by atoms with Crippen molar-refractivity contribution in [1.29, 1.82) is 0 Å². The Morgan fingerprint density at radius 1 is 1.47 bits per heavy atom. The van der Waals surface area contributed by atoms with Gasteiger partial charge in [0.05, 0.1) is 14.4 Å². The molecule has 1 heterocycles. The number of halogens is 2. The molecule has 100 valence electrons. The third-order valence-electron chi connectivity index (χ3n) is 2.57. The molecule has 0 radical (unpaired) electrons. The van der Waals surface area contributed by atoms with E-state index in [1.165, 1.54) is 0 Å². The summed E-state index contributed by atoms with van der Waals surface area (Å²) in [5, 5.41) is 2.46. The fourth-order valence-corrected chi connectivity index (χ4v) is 3.26. The number of carbonyl (C=O) groups excluding carboxylic acids is 1. The van der Waals surface area contributed by atoms with E-state index in [1.54, 1.807) is 41.5 Å². The van der Waals surface area contributed by atoms with Gasteiger partial charge in [0.1, 0.15) is 0 Å². The third-order valence-corrected chi connectivity index (χ3v) is 4.73. The highest BCUT2D eigenvalue weighted by Crippen LogP contribution is 2.24. The minimum Gasteiger partial charge on any atom is -0.337 e. The van der Waals surface area contributed by atoms with Gasteiger partial charge in [-0.05, 0) is 51.1 Å². The third kappa shape index (κ3) is 3.75. The van der Waals surface area contributed by atoms with E-state index in [0.717, 1.165) is 14.2 Å². The molecule has 0 atom stereocenters. The average Bonchev–Trinajstić information content (AvgIpc) is 2.77. The molecular formula is C13H11BrClNOS2. The molecular weight excluding hydrogens is 366 g/mol. The summed E-state index contributed by atoms with van der Waals surface area (Å²) in [5.41, 5.74) is 1.57. The van der Waals surface area contributed by atoms with Crippen LogP contribution in [0.15, 0.2) is 38.3 Å². The van der Waals surface area contributed by atoms with Crippen LogP contribution in [0.5, 0.6) is 0 Å². The van der Waals surface area contributed by atoms with Gasteiger partial charge in [0, 0.05) is 18.5 Å². The van der Waals surface area contributed by atoms with Crippen LogP contribution in [0.25, 0.3) is 0 Å². The lowest BCUT2D eigenvalue weighted by atomic mass is 10.2. The molecule has 0 bridgehead atoms. The van der Waals surface area contributed by atoms with E-state index in [1.807, 2.05) is 11.4 Å². The summed E-state index contributed by atoms with van der Waals surface area (Å²) in [7, 11) is 1.76. The lowest BCUT2D eigenvalue weighted by Crippen LogP contribution is -2.26. The second kappa shape index (κ2) is 6.31. The number of carbonyl (C=O) groups is 1. The highest BCUT2D eigenvalue weighted by Gasteiger charge is 2.16. The van der Waals surface area contributed by atoms with Gasteiger partial charge in [-0.3, -0.25) is 4.79 Å². The zero-order chi connectivity index (χ0) is 14.0. The maximum absolute atomic E-state index is 12.3. The normalized spacial score (nSPS) is 10.5. The molecule has 1 aromatic carbocycles. The molecule has 1 aromatic heterocycles. The van der Waals surface area contributed by atoms with Crippen molar-refractivity contribution in [3.05, 3.63) is 49.6 Å². The van der Waals surface area contributed by atoms with Gasteiger partial charge >= 0.3 is 0 Å². The average molecular weight is 377 g/mol. The molecule has 0 aliphatic heterocycles. The molecule has 6 heteroatoms. The van der Waals surface area contributed by atoms with E-state index in [-0.39, 0.29) is 5.91 Å². The van der Waals surface area contributed by atoms with Crippen LogP contribution in [-0.4, -0.2) is 17.9 Å². The molecule has 2 rings (SSSR count). The molecule has 0 fully saturated rings. The number of nitrogens with zero attached hydrogens (tertiary/aromatic N) is 1. The highest BCUT2D eigenvalue weighted by molar-refractivity contribution is 9.11. The summed E-state index contributed by atoms with van der Waals surface area (Å²) in [4.78, 5) is 14.7. The van der Waals surface area contributed by atoms with Crippen LogP contribution in [0.3, 0.4) is 0 Å². The number of hydrogen-bond donors (Lipinski definition) is 1. The molecule has 19 heavy (non-hydrogen) atoms. The second-order valence-corrected chi connectivity index (χ2v) is 7.30. The van der Waals surface area contributed by atoms with Gasteiger partial charge in [0.2, 0.25) is 0 Å². The fourth-order valence-electron chi connectivity index (χ4n) is 1.66.